The molecular formula is C10H13ClN2O2. The summed E-state index contributed by atoms with van der Waals surface area (Å²) in [5, 5.41) is 9.23. The summed E-state index contributed by atoms with van der Waals surface area (Å²) in [5.41, 5.74) is 12.4. The largest absolute Gasteiger partial charge is 0.478 e. The second-order valence-electron chi connectivity index (χ2n) is 3.61. The summed E-state index contributed by atoms with van der Waals surface area (Å²) in [6.07, 6.45) is 0. The average molecular weight is 229 g/mol. The van der Waals surface area contributed by atoms with Crippen molar-refractivity contribution in [2.24, 2.45) is 0 Å². The Labute approximate surface area is 92.8 Å². The normalized spacial score (nSPS) is 10.7. The predicted octanol–water partition coefficient (Wildman–Crippen LogP) is 2.33. The van der Waals surface area contributed by atoms with Crippen molar-refractivity contribution in [1.29, 1.82) is 0 Å². The maximum atomic E-state index is 11.0. The van der Waals surface area contributed by atoms with Gasteiger partial charge in [-0.3, -0.25) is 0 Å². The molecule has 15 heavy (non-hydrogen) atoms. The lowest BCUT2D eigenvalue weighted by Gasteiger charge is -2.15. The van der Waals surface area contributed by atoms with Crippen molar-refractivity contribution >= 4 is 28.9 Å². The van der Waals surface area contributed by atoms with Crippen molar-refractivity contribution in [3.63, 3.8) is 0 Å². The Morgan fingerprint density at radius 2 is 2.00 bits per heavy atom. The highest BCUT2D eigenvalue weighted by Gasteiger charge is 2.19. The van der Waals surface area contributed by atoms with E-state index in [0.29, 0.717) is 5.56 Å². The van der Waals surface area contributed by atoms with Gasteiger partial charge in [0.05, 0.1) is 22.0 Å². The van der Waals surface area contributed by atoms with Crippen LogP contribution in [0.2, 0.25) is 5.02 Å². The molecule has 0 bridgehead atoms. The van der Waals surface area contributed by atoms with E-state index in [1.807, 2.05) is 13.8 Å². The van der Waals surface area contributed by atoms with Gasteiger partial charge in [0.25, 0.3) is 0 Å². The molecule has 4 nitrogen and oxygen atoms in total. The van der Waals surface area contributed by atoms with Gasteiger partial charge < -0.3 is 16.6 Å². The Kier molecular flexibility index (Phi) is 3.09. The van der Waals surface area contributed by atoms with Crippen LogP contribution in [-0.4, -0.2) is 11.1 Å². The third kappa shape index (κ3) is 1.99. The van der Waals surface area contributed by atoms with Gasteiger partial charge >= 0.3 is 5.97 Å². The highest BCUT2D eigenvalue weighted by molar-refractivity contribution is 6.36. The molecule has 0 aliphatic rings. The fraction of sp³-hybridized carbons (Fsp3) is 0.300. The van der Waals surface area contributed by atoms with Crippen LogP contribution in [-0.2, 0) is 0 Å². The van der Waals surface area contributed by atoms with Crippen LogP contribution >= 0.6 is 11.6 Å². The number of carboxylic acid groups (broad SMARTS) is 1. The Bertz CT molecular complexity index is 416. The van der Waals surface area contributed by atoms with E-state index in [2.05, 4.69) is 0 Å². The average Bonchev–Trinajstić information content (AvgIpc) is 2.12. The van der Waals surface area contributed by atoms with E-state index in [1.165, 1.54) is 6.07 Å². The fourth-order valence-corrected chi connectivity index (χ4v) is 1.67. The highest BCUT2D eigenvalue weighted by Crippen LogP contribution is 2.36. The smallest absolute Gasteiger partial charge is 0.336 e. The lowest BCUT2D eigenvalue weighted by atomic mass is 9.94. The maximum Gasteiger partial charge on any atom is 0.336 e. The summed E-state index contributed by atoms with van der Waals surface area (Å²) in [7, 11) is 0. The van der Waals surface area contributed by atoms with Crippen LogP contribution in [0.1, 0.15) is 35.7 Å². The molecule has 5 heteroatoms. The molecule has 0 saturated heterocycles. The second-order valence-corrected chi connectivity index (χ2v) is 3.99. The van der Waals surface area contributed by atoms with E-state index in [1.54, 1.807) is 0 Å². The minimum absolute atomic E-state index is 0.0193. The predicted molar refractivity (Wildman–Crippen MR) is 61.3 cm³/mol. The van der Waals surface area contributed by atoms with Crippen LogP contribution in [0.25, 0.3) is 0 Å². The van der Waals surface area contributed by atoms with Gasteiger partial charge in [-0.05, 0) is 17.5 Å². The second kappa shape index (κ2) is 3.98. The number of nitrogen functional groups attached to an aromatic ring is 2. The number of aromatic carboxylic acids is 1. The number of hydrogen-bond acceptors (Lipinski definition) is 3. The van der Waals surface area contributed by atoms with Crippen molar-refractivity contribution in [2.45, 2.75) is 19.8 Å². The first kappa shape index (κ1) is 11.7. The van der Waals surface area contributed by atoms with E-state index in [0.717, 1.165) is 0 Å². The van der Waals surface area contributed by atoms with Gasteiger partial charge in [0.2, 0.25) is 0 Å². The molecule has 0 atom stereocenters. The Hall–Kier alpha value is -1.42. The molecule has 82 valence electrons. The van der Waals surface area contributed by atoms with Crippen LogP contribution in [0.4, 0.5) is 11.4 Å². The molecule has 0 fully saturated rings. The van der Waals surface area contributed by atoms with E-state index in [-0.39, 0.29) is 27.9 Å². The van der Waals surface area contributed by atoms with Crippen molar-refractivity contribution < 1.29 is 9.90 Å². The van der Waals surface area contributed by atoms with Gasteiger partial charge in [0.15, 0.2) is 0 Å². The minimum Gasteiger partial charge on any atom is -0.478 e. The molecule has 0 amide bonds. The molecule has 0 heterocycles. The van der Waals surface area contributed by atoms with Crippen molar-refractivity contribution in [2.75, 3.05) is 11.5 Å². The van der Waals surface area contributed by atoms with Gasteiger partial charge in [-0.2, -0.15) is 0 Å². The van der Waals surface area contributed by atoms with Gasteiger partial charge in [-0.1, -0.05) is 25.4 Å². The summed E-state index contributed by atoms with van der Waals surface area (Å²) < 4.78 is 0. The molecule has 0 unspecified atom stereocenters. The van der Waals surface area contributed by atoms with E-state index in [9.17, 15) is 4.79 Å². The number of anilines is 2. The minimum atomic E-state index is -1.05. The number of carboxylic acids is 1. The SMILES string of the molecule is CC(C)c1c(C(=O)O)cc(N)c(Cl)c1N. The zero-order valence-corrected chi connectivity index (χ0v) is 9.30. The quantitative estimate of drug-likeness (QED) is 0.678. The summed E-state index contributed by atoms with van der Waals surface area (Å²) in [4.78, 5) is 11.0. The maximum absolute atomic E-state index is 11.0. The fourth-order valence-electron chi connectivity index (χ4n) is 1.51. The molecule has 1 rings (SSSR count). The molecule has 0 aliphatic heterocycles. The lowest BCUT2D eigenvalue weighted by molar-refractivity contribution is 0.0695. The van der Waals surface area contributed by atoms with Crippen LogP contribution < -0.4 is 11.5 Å². The summed E-state index contributed by atoms with van der Waals surface area (Å²) in [6, 6.07) is 1.34. The highest BCUT2D eigenvalue weighted by atomic mass is 35.5. The Morgan fingerprint density at radius 1 is 1.47 bits per heavy atom. The lowest BCUT2D eigenvalue weighted by Crippen LogP contribution is -2.09. The van der Waals surface area contributed by atoms with Crippen LogP contribution in [0.5, 0.6) is 0 Å². The van der Waals surface area contributed by atoms with Gasteiger partial charge in [-0.15, -0.1) is 0 Å². The molecule has 1 aromatic carbocycles. The number of carbonyl (C=O) groups is 1. The molecule has 0 aliphatic carbocycles. The topological polar surface area (TPSA) is 89.3 Å². The molecule has 0 aromatic heterocycles. The zero-order chi connectivity index (χ0) is 11.7. The van der Waals surface area contributed by atoms with Gasteiger partial charge in [0, 0.05) is 0 Å². The number of benzene rings is 1. The molecule has 1 aromatic rings. The van der Waals surface area contributed by atoms with Crippen LogP contribution in [0.15, 0.2) is 6.07 Å². The van der Waals surface area contributed by atoms with Crippen LogP contribution in [0, 0.1) is 0 Å². The molecule has 5 N–H and O–H groups in total. The van der Waals surface area contributed by atoms with E-state index < -0.39 is 5.97 Å². The molecule has 0 spiro atoms. The number of hydrogen-bond donors (Lipinski definition) is 3. The Morgan fingerprint density at radius 3 is 2.40 bits per heavy atom. The summed E-state index contributed by atoms with van der Waals surface area (Å²) in [5.74, 6) is -1.07. The standard InChI is InChI=1S/C10H13ClN2O2/c1-4(2)7-5(10(14)15)3-6(12)8(11)9(7)13/h3-4H,12-13H2,1-2H3,(H,14,15). The monoisotopic (exact) mass is 228 g/mol. The van der Waals surface area contributed by atoms with Crippen molar-refractivity contribution in [1.82, 2.24) is 0 Å². The van der Waals surface area contributed by atoms with Gasteiger partial charge in [0.1, 0.15) is 0 Å². The molecule has 0 radical (unpaired) electrons. The third-order valence-electron chi connectivity index (χ3n) is 2.18. The van der Waals surface area contributed by atoms with Crippen LogP contribution in [0.3, 0.4) is 0 Å². The third-order valence-corrected chi connectivity index (χ3v) is 2.60. The number of nitrogens with two attached hydrogens (primary N) is 2. The first-order chi connectivity index (χ1) is 6.86. The first-order valence-corrected chi connectivity index (χ1v) is 4.84. The first-order valence-electron chi connectivity index (χ1n) is 4.46. The van der Waals surface area contributed by atoms with Gasteiger partial charge in [-0.25, -0.2) is 4.79 Å². The molecule has 0 saturated carbocycles. The number of halogens is 1. The zero-order valence-electron chi connectivity index (χ0n) is 8.54. The summed E-state index contributed by atoms with van der Waals surface area (Å²) >= 11 is 5.86. The number of rotatable bonds is 2. The van der Waals surface area contributed by atoms with Crippen molar-refractivity contribution in [3.05, 3.63) is 22.2 Å². The van der Waals surface area contributed by atoms with Crippen molar-refractivity contribution in [3.8, 4) is 0 Å². The molecular weight excluding hydrogens is 216 g/mol. The summed E-state index contributed by atoms with van der Waals surface area (Å²) in [6.45, 7) is 3.70. The van der Waals surface area contributed by atoms with E-state index >= 15 is 0 Å². The van der Waals surface area contributed by atoms with E-state index in [4.69, 9.17) is 28.2 Å². The Balaban J connectivity index is 3.58.